The summed E-state index contributed by atoms with van der Waals surface area (Å²) in [7, 11) is 0. The molecule has 148 valence electrons. The fraction of sp³-hybridized carbons (Fsp3) is 0.381. The lowest BCUT2D eigenvalue weighted by Crippen LogP contribution is -2.22. The molecule has 0 aliphatic carbocycles. The fourth-order valence-electron chi connectivity index (χ4n) is 2.46. The van der Waals surface area contributed by atoms with Crippen molar-refractivity contribution in [1.82, 2.24) is 0 Å². The molecule has 0 fully saturated rings. The number of anilines is 1. The zero-order valence-corrected chi connectivity index (χ0v) is 18.4. The van der Waals surface area contributed by atoms with Crippen molar-refractivity contribution in [3.8, 4) is 0 Å². The summed E-state index contributed by atoms with van der Waals surface area (Å²) in [4.78, 5) is 4.42. The molecule has 0 aliphatic heterocycles. The molecule has 0 radical (unpaired) electrons. The normalized spacial score (nSPS) is 11.1. The molecule has 0 heterocycles. The van der Waals surface area contributed by atoms with E-state index in [1.54, 1.807) is 0 Å². The summed E-state index contributed by atoms with van der Waals surface area (Å²) in [6.07, 6.45) is 1.02. The van der Waals surface area contributed by atoms with Crippen LogP contribution in [0.5, 0.6) is 0 Å². The largest absolute Gasteiger partial charge is 0.379 e. The summed E-state index contributed by atoms with van der Waals surface area (Å²) in [5.41, 5.74) is 10.5. The lowest BCUT2D eigenvalue weighted by Gasteiger charge is -2.08. The highest BCUT2D eigenvalue weighted by Crippen LogP contribution is 2.11. The maximum atomic E-state index is 5.99. The molecule has 0 saturated carbocycles. The monoisotopic (exact) mass is 483 g/mol. The Kier molecular flexibility index (Phi) is 11.7. The quantitative estimate of drug-likeness (QED) is 0.228. The molecule has 27 heavy (non-hydrogen) atoms. The van der Waals surface area contributed by atoms with Gasteiger partial charge >= 0.3 is 0 Å². The molecule has 2 aromatic rings. The third-order valence-electron chi connectivity index (χ3n) is 3.90. The summed E-state index contributed by atoms with van der Waals surface area (Å²) in [5, 5.41) is 3.12. The van der Waals surface area contributed by atoms with Crippen LogP contribution in [0.4, 0.5) is 5.69 Å². The number of nitrogens with zero attached hydrogens (tertiary/aromatic N) is 1. The average molecular weight is 483 g/mol. The van der Waals surface area contributed by atoms with Crippen molar-refractivity contribution < 1.29 is 9.47 Å². The van der Waals surface area contributed by atoms with E-state index < -0.39 is 0 Å². The van der Waals surface area contributed by atoms with Crippen molar-refractivity contribution in [2.24, 2.45) is 10.7 Å². The molecule has 2 rings (SSSR count). The minimum atomic E-state index is 0. The topological polar surface area (TPSA) is 68.9 Å². The Morgan fingerprint density at radius 2 is 1.67 bits per heavy atom. The Hall–Kier alpha value is -1.64. The fourth-order valence-corrected chi connectivity index (χ4v) is 2.46. The number of aliphatic imine (C=N–C) groups is 1. The first kappa shape index (κ1) is 23.4. The van der Waals surface area contributed by atoms with Gasteiger partial charge in [0.15, 0.2) is 5.96 Å². The molecule has 0 atom stereocenters. The van der Waals surface area contributed by atoms with Gasteiger partial charge in [0, 0.05) is 12.3 Å². The summed E-state index contributed by atoms with van der Waals surface area (Å²) in [6.45, 7) is 7.16. The molecule has 0 bridgehead atoms. The second kappa shape index (κ2) is 13.5. The molecule has 0 aliphatic rings. The second-order valence-electron chi connectivity index (χ2n) is 5.95. The number of aryl methyl sites for hydroxylation is 1. The Labute approximate surface area is 179 Å². The van der Waals surface area contributed by atoms with E-state index in [1.807, 2.05) is 37.3 Å². The highest BCUT2D eigenvalue weighted by atomic mass is 127. The minimum absolute atomic E-state index is 0. The summed E-state index contributed by atoms with van der Waals surface area (Å²) >= 11 is 0. The predicted octanol–water partition coefficient (Wildman–Crippen LogP) is 4.35. The van der Waals surface area contributed by atoms with E-state index in [1.165, 1.54) is 5.56 Å². The predicted molar refractivity (Wildman–Crippen MR) is 123 cm³/mol. The molecule has 0 saturated heterocycles. The zero-order chi connectivity index (χ0) is 18.6. The van der Waals surface area contributed by atoms with Gasteiger partial charge < -0.3 is 20.5 Å². The molecule has 2 aromatic carbocycles. The van der Waals surface area contributed by atoms with Gasteiger partial charge in [0.2, 0.25) is 0 Å². The number of rotatable bonds is 10. The standard InChI is InChI=1S/C21H29N3O2.HI/c1-3-17-8-10-20(11-9-17)24-21(22)23-15-18-6-5-7-19(14-18)16-26-13-12-25-4-2;/h5-11,14H,3-4,12-13,15-16H2,1-2H3,(H3,22,23,24);1H. The van der Waals surface area contributed by atoms with Crippen molar-refractivity contribution in [3.05, 3.63) is 65.2 Å². The second-order valence-corrected chi connectivity index (χ2v) is 5.95. The SMILES string of the molecule is CCOCCOCc1cccc(CN=C(N)Nc2ccc(CC)cc2)c1.I. The van der Waals surface area contributed by atoms with Crippen molar-refractivity contribution in [2.45, 2.75) is 33.4 Å². The molecular weight excluding hydrogens is 453 g/mol. The van der Waals surface area contributed by atoms with E-state index in [0.717, 1.165) is 29.8 Å². The third-order valence-corrected chi connectivity index (χ3v) is 3.90. The summed E-state index contributed by atoms with van der Waals surface area (Å²) in [6, 6.07) is 16.4. The molecule has 0 spiro atoms. The Morgan fingerprint density at radius 3 is 2.37 bits per heavy atom. The van der Waals surface area contributed by atoms with E-state index in [-0.39, 0.29) is 24.0 Å². The van der Waals surface area contributed by atoms with Crippen LogP contribution >= 0.6 is 24.0 Å². The van der Waals surface area contributed by atoms with E-state index in [4.69, 9.17) is 15.2 Å². The highest BCUT2D eigenvalue weighted by molar-refractivity contribution is 14.0. The van der Waals surface area contributed by atoms with Crippen LogP contribution in [-0.4, -0.2) is 25.8 Å². The van der Waals surface area contributed by atoms with Crippen LogP contribution in [0.3, 0.4) is 0 Å². The first-order valence-corrected chi connectivity index (χ1v) is 9.10. The Balaban J connectivity index is 0.00000364. The van der Waals surface area contributed by atoms with Gasteiger partial charge in [0.25, 0.3) is 0 Å². The molecular formula is C21H30IN3O2. The van der Waals surface area contributed by atoms with Gasteiger partial charge in [-0.25, -0.2) is 4.99 Å². The first-order valence-electron chi connectivity index (χ1n) is 9.10. The summed E-state index contributed by atoms with van der Waals surface area (Å²) < 4.78 is 10.9. The van der Waals surface area contributed by atoms with E-state index in [0.29, 0.717) is 32.3 Å². The molecule has 3 N–H and O–H groups in total. The van der Waals surface area contributed by atoms with Gasteiger partial charge in [-0.05, 0) is 42.2 Å². The van der Waals surface area contributed by atoms with Crippen LogP contribution in [0.15, 0.2) is 53.5 Å². The zero-order valence-electron chi connectivity index (χ0n) is 16.1. The molecule has 0 unspecified atom stereocenters. The molecule has 0 amide bonds. The van der Waals surface area contributed by atoms with Gasteiger partial charge in [-0.15, -0.1) is 24.0 Å². The number of hydrogen-bond acceptors (Lipinski definition) is 3. The van der Waals surface area contributed by atoms with Crippen LogP contribution in [0, 0.1) is 0 Å². The van der Waals surface area contributed by atoms with E-state index in [2.05, 4.69) is 35.4 Å². The van der Waals surface area contributed by atoms with Crippen LogP contribution in [-0.2, 0) is 29.0 Å². The van der Waals surface area contributed by atoms with Crippen LogP contribution < -0.4 is 11.1 Å². The first-order chi connectivity index (χ1) is 12.7. The number of nitrogens with two attached hydrogens (primary N) is 1. The molecule has 0 aromatic heterocycles. The van der Waals surface area contributed by atoms with Gasteiger partial charge in [-0.2, -0.15) is 0 Å². The minimum Gasteiger partial charge on any atom is -0.379 e. The lowest BCUT2D eigenvalue weighted by atomic mass is 10.1. The maximum absolute atomic E-state index is 5.99. The number of halogens is 1. The smallest absolute Gasteiger partial charge is 0.193 e. The highest BCUT2D eigenvalue weighted by Gasteiger charge is 1.99. The van der Waals surface area contributed by atoms with Crippen LogP contribution in [0.25, 0.3) is 0 Å². The maximum Gasteiger partial charge on any atom is 0.193 e. The van der Waals surface area contributed by atoms with Gasteiger partial charge in [0.05, 0.1) is 26.4 Å². The molecule has 6 heteroatoms. The van der Waals surface area contributed by atoms with Gasteiger partial charge in [0.1, 0.15) is 0 Å². The lowest BCUT2D eigenvalue weighted by molar-refractivity contribution is 0.0453. The van der Waals surface area contributed by atoms with Crippen molar-refractivity contribution >= 4 is 35.6 Å². The number of benzene rings is 2. The number of ether oxygens (including phenoxy) is 2. The number of guanidine groups is 1. The Bertz CT molecular complexity index is 690. The molecule has 5 nitrogen and oxygen atoms in total. The van der Waals surface area contributed by atoms with Crippen molar-refractivity contribution in [2.75, 3.05) is 25.1 Å². The van der Waals surface area contributed by atoms with Crippen molar-refractivity contribution in [1.29, 1.82) is 0 Å². The van der Waals surface area contributed by atoms with Crippen LogP contribution in [0.2, 0.25) is 0 Å². The Morgan fingerprint density at radius 1 is 0.963 bits per heavy atom. The number of nitrogens with one attached hydrogen (secondary N) is 1. The summed E-state index contributed by atoms with van der Waals surface area (Å²) in [5.74, 6) is 0.410. The number of hydrogen-bond donors (Lipinski definition) is 2. The van der Waals surface area contributed by atoms with Crippen molar-refractivity contribution in [3.63, 3.8) is 0 Å². The van der Waals surface area contributed by atoms with Gasteiger partial charge in [-0.1, -0.05) is 43.3 Å². The third kappa shape index (κ3) is 9.21. The average Bonchev–Trinajstić information content (AvgIpc) is 2.67. The van der Waals surface area contributed by atoms with E-state index in [9.17, 15) is 0 Å². The van der Waals surface area contributed by atoms with Crippen LogP contribution in [0.1, 0.15) is 30.5 Å². The van der Waals surface area contributed by atoms with Gasteiger partial charge in [-0.3, -0.25) is 0 Å². The van der Waals surface area contributed by atoms with E-state index >= 15 is 0 Å².